The fraction of sp³-hybridized carbons (Fsp3) is 0. The number of carbonyl (C=O) groups excluding carboxylic acids is 1. The zero-order chi connectivity index (χ0) is 21.5. The van der Waals surface area contributed by atoms with Crippen LogP contribution in [0.15, 0.2) is 72.8 Å². The molecule has 3 N–H and O–H groups in total. The second-order valence-electron chi connectivity index (χ2n) is 6.92. The van der Waals surface area contributed by atoms with Crippen LogP contribution in [0.1, 0.15) is 10.4 Å². The van der Waals surface area contributed by atoms with Gasteiger partial charge in [-0.3, -0.25) is 9.36 Å². The van der Waals surface area contributed by atoms with Gasteiger partial charge < -0.3 is 11.1 Å². The van der Waals surface area contributed by atoms with Gasteiger partial charge in [-0.25, -0.2) is 14.4 Å². The lowest BCUT2D eigenvalue weighted by atomic mass is 10.2. The topological polar surface area (TPSA) is 85.8 Å². The van der Waals surface area contributed by atoms with Gasteiger partial charge in [0.1, 0.15) is 22.7 Å². The van der Waals surface area contributed by atoms with Crippen LogP contribution in [0.5, 0.6) is 0 Å². The summed E-state index contributed by atoms with van der Waals surface area (Å²) in [7, 11) is 0. The van der Waals surface area contributed by atoms with Gasteiger partial charge in [0.15, 0.2) is 5.65 Å². The molecule has 0 atom stereocenters. The van der Waals surface area contributed by atoms with Crippen LogP contribution in [-0.4, -0.2) is 20.4 Å². The van der Waals surface area contributed by atoms with Gasteiger partial charge in [-0.1, -0.05) is 29.8 Å². The van der Waals surface area contributed by atoms with Gasteiger partial charge in [0.2, 0.25) is 0 Å². The van der Waals surface area contributed by atoms with E-state index in [1.807, 2.05) is 24.3 Å². The Balaban J connectivity index is 1.75. The van der Waals surface area contributed by atoms with Crippen molar-refractivity contribution in [3.8, 4) is 5.69 Å². The first-order valence-electron chi connectivity index (χ1n) is 9.41. The third kappa shape index (κ3) is 3.35. The van der Waals surface area contributed by atoms with Crippen LogP contribution >= 0.6 is 11.6 Å². The molecule has 0 radical (unpaired) electrons. The van der Waals surface area contributed by atoms with Crippen molar-refractivity contribution in [2.75, 3.05) is 11.1 Å². The van der Waals surface area contributed by atoms with Crippen LogP contribution in [0, 0.1) is 5.82 Å². The van der Waals surface area contributed by atoms with Gasteiger partial charge >= 0.3 is 0 Å². The molecule has 1 amide bonds. The number of halogens is 2. The van der Waals surface area contributed by atoms with Crippen LogP contribution in [0.25, 0.3) is 27.9 Å². The third-order valence-corrected chi connectivity index (χ3v) is 5.14. The molecule has 0 aliphatic carbocycles. The summed E-state index contributed by atoms with van der Waals surface area (Å²) in [5.41, 5.74) is 9.68. The van der Waals surface area contributed by atoms with E-state index in [9.17, 15) is 9.18 Å². The van der Waals surface area contributed by atoms with Crippen LogP contribution in [-0.2, 0) is 0 Å². The second kappa shape index (κ2) is 7.37. The van der Waals surface area contributed by atoms with E-state index in [-0.39, 0.29) is 11.4 Å². The first kappa shape index (κ1) is 19.0. The zero-order valence-electron chi connectivity index (χ0n) is 16.0. The summed E-state index contributed by atoms with van der Waals surface area (Å²) < 4.78 is 15.2. The quantitative estimate of drug-likeness (QED) is 0.411. The number of carbonyl (C=O) groups is 1. The second-order valence-corrected chi connectivity index (χ2v) is 7.36. The van der Waals surface area contributed by atoms with Crippen molar-refractivity contribution < 1.29 is 9.18 Å². The van der Waals surface area contributed by atoms with E-state index in [1.54, 1.807) is 34.9 Å². The Hall–Kier alpha value is -3.97. The average molecular weight is 432 g/mol. The SMILES string of the molecule is Nc1c(C(=O)Nc2cccc(F)c2)c2nc3ccccc3nc2n1-c1ccc(Cl)cc1. The minimum atomic E-state index is -0.509. The molecule has 0 saturated carbocycles. The smallest absolute Gasteiger partial charge is 0.261 e. The number of para-hydroxylation sites is 2. The number of amides is 1. The lowest BCUT2D eigenvalue weighted by Gasteiger charge is -2.08. The van der Waals surface area contributed by atoms with Crippen molar-refractivity contribution in [1.82, 2.24) is 14.5 Å². The van der Waals surface area contributed by atoms with E-state index >= 15 is 0 Å². The molecule has 152 valence electrons. The molecule has 0 saturated heterocycles. The van der Waals surface area contributed by atoms with Gasteiger partial charge in [-0.2, -0.15) is 0 Å². The highest BCUT2D eigenvalue weighted by Gasteiger charge is 2.25. The van der Waals surface area contributed by atoms with E-state index in [4.69, 9.17) is 22.3 Å². The number of nitrogens with zero attached hydrogens (tertiary/aromatic N) is 3. The van der Waals surface area contributed by atoms with Crippen LogP contribution < -0.4 is 11.1 Å². The highest BCUT2D eigenvalue weighted by atomic mass is 35.5. The number of aromatic nitrogens is 3. The Labute approximate surface area is 181 Å². The van der Waals surface area contributed by atoms with E-state index in [0.717, 1.165) is 0 Å². The summed E-state index contributed by atoms with van der Waals surface area (Å²) in [5.74, 6) is -0.799. The number of hydrogen-bond acceptors (Lipinski definition) is 4. The molecule has 0 fully saturated rings. The van der Waals surface area contributed by atoms with E-state index in [2.05, 4.69) is 10.3 Å². The summed E-state index contributed by atoms with van der Waals surface area (Å²) in [6, 6.07) is 20.0. The molecule has 2 aromatic heterocycles. The molecule has 5 rings (SSSR count). The van der Waals surface area contributed by atoms with E-state index < -0.39 is 11.7 Å². The molecule has 31 heavy (non-hydrogen) atoms. The average Bonchev–Trinajstić information content (AvgIpc) is 3.03. The molecular formula is C23H15ClFN5O. The molecule has 0 aliphatic rings. The molecule has 0 aliphatic heterocycles. The Kier molecular flexibility index (Phi) is 4.52. The number of anilines is 2. The number of nitrogens with one attached hydrogen (secondary N) is 1. The van der Waals surface area contributed by atoms with Crippen molar-refractivity contribution in [2.45, 2.75) is 0 Å². The van der Waals surface area contributed by atoms with Crippen LogP contribution in [0.2, 0.25) is 5.02 Å². The summed E-state index contributed by atoms with van der Waals surface area (Å²) in [4.78, 5) is 22.5. The molecule has 0 unspecified atom stereocenters. The van der Waals surface area contributed by atoms with Crippen molar-refractivity contribution in [3.63, 3.8) is 0 Å². The summed E-state index contributed by atoms with van der Waals surface area (Å²) in [6.45, 7) is 0. The highest BCUT2D eigenvalue weighted by molar-refractivity contribution is 6.30. The molecular weight excluding hydrogens is 417 g/mol. The summed E-state index contributed by atoms with van der Waals surface area (Å²) in [5, 5.41) is 3.26. The third-order valence-electron chi connectivity index (χ3n) is 4.89. The first-order chi connectivity index (χ1) is 15.0. The Bertz CT molecular complexity index is 1460. The maximum atomic E-state index is 13.6. The van der Waals surface area contributed by atoms with Crippen molar-refractivity contribution in [1.29, 1.82) is 0 Å². The normalized spacial score (nSPS) is 11.2. The minimum absolute atomic E-state index is 0.160. The first-order valence-corrected chi connectivity index (χ1v) is 9.78. The van der Waals surface area contributed by atoms with Gasteiger partial charge in [0, 0.05) is 16.4 Å². The van der Waals surface area contributed by atoms with E-state index in [1.165, 1.54) is 18.2 Å². The lowest BCUT2D eigenvalue weighted by Crippen LogP contribution is -2.14. The van der Waals surface area contributed by atoms with Crippen LogP contribution in [0.3, 0.4) is 0 Å². The van der Waals surface area contributed by atoms with Crippen molar-refractivity contribution in [2.24, 2.45) is 0 Å². The zero-order valence-corrected chi connectivity index (χ0v) is 16.8. The molecule has 6 nitrogen and oxygen atoms in total. The number of rotatable bonds is 3. The predicted molar refractivity (Wildman–Crippen MR) is 120 cm³/mol. The molecule has 8 heteroatoms. The largest absolute Gasteiger partial charge is 0.384 e. The van der Waals surface area contributed by atoms with Crippen molar-refractivity contribution >= 4 is 51.2 Å². The van der Waals surface area contributed by atoms with E-state index in [0.29, 0.717) is 38.6 Å². The maximum Gasteiger partial charge on any atom is 0.261 e. The van der Waals surface area contributed by atoms with Crippen LogP contribution in [0.4, 0.5) is 15.9 Å². The van der Waals surface area contributed by atoms with Gasteiger partial charge in [-0.15, -0.1) is 0 Å². The number of nitrogens with two attached hydrogens (primary N) is 1. The maximum absolute atomic E-state index is 13.6. The Morgan fingerprint density at radius 1 is 0.968 bits per heavy atom. The number of nitrogen functional groups attached to an aromatic ring is 1. The monoisotopic (exact) mass is 431 g/mol. The van der Waals surface area contributed by atoms with Crippen molar-refractivity contribution in [3.05, 3.63) is 89.2 Å². The molecule has 3 aromatic carbocycles. The molecule has 0 spiro atoms. The lowest BCUT2D eigenvalue weighted by molar-refractivity contribution is 0.102. The standard InChI is InChI=1S/C23H15ClFN5O/c24-13-8-10-16(11-9-13)30-21(26)19(23(31)27-15-5-3-4-14(25)12-15)20-22(30)29-18-7-2-1-6-17(18)28-20/h1-12H,26H2,(H,27,31). The molecule has 0 bridgehead atoms. The number of benzene rings is 3. The Morgan fingerprint density at radius 2 is 1.68 bits per heavy atom. The fourth-order valence-corrected chi connectivity index (χ4v) is 3.62. The Morgan fingerprint density at radius 3 is 2.39 bits per heavy atom. The van der Waals surface area contributed by atoms with Gasteiger partial charge in [0.25, 0.3) is 5.91 Å². The number of fused-ring (bicyclic) bond motifs is 2. The number of hydrogen-bond donors (Lipinski definition) is 2. The van der Waals surface area contributed by atoms with Gasteiger partial charge in [0.05, 0.1) is 11.0 Å². The fourth-order valence-electron chi connectivity index (χ4n) is 3.50. The van der Waals surface area contributed by atoms with Gasteiger partial charge in [-0.05, 0) is 54.6 Å². The highest BCUT2D eigenvalue weighted by Crippen LogP contribution is 2.32. The summed E-state index contributed by atoms with van der Waals surface area (Å²) >= 11 is 6.03. The summed E-state index contributed by atoms with van der Waals surface area (Å²) in [6.07, 6.45) is 0. The molecule has 5 aromatic rings. The minimum Gasteiger partial charge on any atom is -0.384 e. The molecule has 2 heterocycles. The predicted octanol–water partition coefficient (Wildman–Crippen LogP) is 5.20.